The van der Waals surface area contributed by atoms with Gasteiger partial charge in [0, 0.05) is 55.8 Å². The minimum Gasteiger partial charge on any atom is -0.314 e. The third kappa shape index (κ3) is 2.89. The van der Waals surface area contributed by atoms with Crippen LogP contribution in [0.2, 0.25) is 0 Å². The predicted octanol–water partition coefficient (Wildman–Crippen LogP) is 2.57. The molecule has 0 radical (unpaired) electrons. The van der Waals surface area contributed by atoms with Crippen LogP contribution in [0, 0.1) is 10.8 Å². The molecule has 1 N–H and O–H groups in total. The minimum absolute atomic E-state index is 0.296. The Hall–Kier alpha value is -0.120. The highest BCUT2D eigenvalue weighted by atomic mass is 15.3. The van der Waals surface area contributed by atoms with E-state index < -0.39 is 0 Å². The molecular formula is C18H35N3. The molecule has 3 nitrogen and oxygen atoms in total. The van der Waals surface area contributed by atoms with Gasteiger partial charge in [0.15, 0.2) is 0 Å². The molecule has 3 atom stereocenters. The van der Waals surface area contributed by atoms with Gasteiger partial charge in [0.25, 0.3) is 0 Å². The van der Waals surface area contributed by atoms with E-state index in [1.165, 1.54) is 45.6 Å². The summed E-state index contributed by atoms with van der Waals surface area (Å²) in [6, 6.07) is 1.57. The Labute approximate surface area is 131 Å². The number of nitrogens with one attached hydrogen (secondary N) is 1. The standard InChI is InChI=1S/C18H35N3/c1-16(2,3)14-11-18(13-20-9-7-19-8-10-20)12-15(18)21(14)17(4,5)6/h14-15,19H,7-13H2,1-6H3/t14-,15?,18?/m0/s1. The molecule has 0 aromatic carbocycles. The smallest absolute Gasteiger partial charge is 0.0180 e. The lowest BCUT2D eigenvalue weighted by molar-refractivity contribution is 0.0362. The summed E-state index contributed by atoms with van der Waals surface area (Å²) in [5.41, 5.74) is 1.28. The first-order valence-electron chi connectivity index (χ1n) is 8.85. The molecule has 1 saturated carbocycles. The van der Waals surface area contributed by atoms with Crippen LogP contribution in [0.5, 0.6) is 0 Å². The average Bonchev–Trinajstić information content (AvgIpc) is 2.91. The highest BCUT2D eigenvalue weighted by Gasteiger charge is 2.67. The second-order valence-corrected chi connectivity index (χ2v) is 9.77. The van der Waals surface area contributed by atoms with Crippen LogP contribution in [0.25, 0.3) is 0 Å². The Balaban J connectivity index is 1.75. The largest absolute Gasteiger partial charge is 0.314 e. The van der Waals surface area contributed by atoms with Gasteiger partial charge in [-0.2, -0.15) is 0 Å². The lowest BCUT2D eigenvalue weighted by Gasteiger charge is -2.45. The summed E-state index contributed by atoms with van der Waals surface area (Å²) >= 11 is 0. The van der Waals surface area contributed by atoms with Gasteiger partial charge in [-0.05, 0) is 39.0 Å². The average molecular weight is 293 g/mol. The monoisotopic (exact) mass is 293 g/mol. The van der Waals surface area contributed by atoms with Gasteiger partial charge >= 0.3 is 0 Å². The van der Waals surface area contributed by atoms with E-state index >= 15 is 0 Å². The van der Waals surface area contributed by atoms with Crippen LogP contribution in [0.1, 0.15) is 54.4 Å². The third-order valence-corrected chi connectivity index (χ3v) is 5.94. The summed E-state index contributed by atoms with van der Waals surface area (Å²) in [4.78, 5) is 5.58. The third-order valence-electron chi connectivity index (χ3n) is 5.94. The number of hydrogen-bond acceptors (Lipinski definition) is 3. The van der Waals surface area contributed by atoms with Crippen LogP contribution >= 0.6 is 0 Å². The van der Waals surface area contributed by atoms with Crippen LogP contribution in [0.3, 0.4) is 0 Å². The van der Waals surface area contributed by atoms with Gasteiger partial charge in [0.1, 0.15) is 0 Å². The maximum Gasteiger partial charge on any atom is 0.0180 e. The number of nitrogens with zero attached hydrogens (tertiary/aromatic N) is 2. The van der Waals surface area contributed by atoms with Gasteiger partial charge in [-0.15, -0.1) is 0 Å². The minimum atomic E-state index is 0.296. The lowest BCUT2D eigenvalue weighted by Crippen LogP contribution is -2.51. The molecule has 0 aromatic heterocycles. The summed E-state index contributed by atoms with van der Waals surface area (Å²) in [7, 11) is 0. The number of fused-ring (bicyclic) bond motifs is 1. The second kappa shape index (κ2) is 4.94. The molecule has 0 spiro atoms. The van der Waals surface area contributed by atoms with Gasteiger partial charge in [-0.3, -0.25) is 4.90 Å². The molecule has 3 fully saturated rings. The van der Waals surface area contributed by atoms with Crippen molar-refractivity contribution in [2.45, 2.75) is 72.0 Å². The first-order valence-corrected chi connectivity index (χ1v) is 8.85. The molecule has 21 heavy (non-hydrogen) atoms. The van der Waals surface area contributed by atoms with Crippen molar-refractivity contribution >= 4 is 0 Å². The normalized spacial score (nSPS) is 38.6. The Morgan fingerprint density at radius 2 is 1.62 bits per heavy atom. The zero-order valence-corrected chi connectivity index (χ0v) is 15.0. The van der Waals surface area contributed by atoms with Crippen LogP contribution in [-0.4, -0.2) is 60.1 Å². The fourth-order valence-electron chi connectivity index (χ4n) is 4.85. The van der Waals surface area contributed by atoms with Gasteiger partial charge in [-0.1, -0.05) is 20.8 Å². The summed E-state index contributed by atoms with van der Waals surface area (Å²) in [5, 5.41) is 3.48. The first kappa shape index (κ1) is 15.8. The molecule has 0 aromatic rings. The maximum absolute atomic E-state index is 3.48. The van der Waals surface area contributed by atoms with Crippen LogP contribution in [-0.2, 0) is 0 Å². The molecule has 3 rings (SSSR count). The second-order valence-electron chi connectivity index (χ2n) is 9.77. The van der Waals surface area contributed by atoms with Crippen molar-refractivity contribution in [2.24, 2.45) is 10.8 Å². The van der Waals surface area contributed by atoms with E-state index in [4.69, 9.17) is 0 Å². The van der Waals surface area contributed by atoms with Crippen molar-refractivity contribution < 1.29 is 0 Å². The van der Waals surface area contributed by atoms with Gasteiger partial charge in [0.2, 0.25) is 0 Å². The molecule has 2 saturated heterocycles. The summed E-state index contributed by atoms with van der Waals surface area (Å²) < 4.78 is 0. The van der Waals surface area contributed by atoms with E-state index in [9.17, 15) is 0 Å². The van der Waals surface area contributed by atoms with E-state index in [0.29, 0.717) is 16.4 Å². The number of piperidine rings is 1. The fourth-order valence-corrected chi connectivity index (χ4v) is 4.85. The molecule has 3 aliphatic rings. The highest BCUT2D eigenvalue weighted by Crippen LogP contribution is 2.64. The topological polar surface area (TPSA) is 18.5 Å². The molecular weight excluding hydrogens is 258 g/mol. The van der Waals surface area contributed by atoms with E-state index in [1.807, 2.05) is 0 Å². The van der Waals surface area contributed by atoms with E-state index in [-0.39, 0.29) is 0 Å². The van der Waals surface area contributed by atoms with Gasteiger partial charge in [0.05, 0.1) is 0 Å². The molecule has 2 unspecified atom stereocenters. The van der Waals surface area contributed by atoms with Crippen LogP contribution in [0.15, 0.2) is 0 Å². The van der Waals surface area contributed by atoms with Crippen molar-refractivity contribution in [3.63, 3.8) is 0 Å². The van der Waals surface area contributed by atoms with E-state index in [0.717, 1.165) is 12.1 Å². The lowest BCUT2D eigenvalue weighted by atomic mass is 9.80. The van der Waals surface area contributed by atoms with Gasteiger partial charge in [-0.25, -0.2) is 0 Å². The molecule has 2 aliphatic heterocycles. The van der Waals surface area contributed by atoms with Crippen molar-refractivity contribution in [1.82, 2.24) is 15.1 Å². The molecule has 1 aliphatic carbocycles. The first-order chi connectivity index (χ1) is 9.63. The highest BCUT2D eigenvalue weighted by molar-refractivity contribution is 5.21. The predicted molar refractivity (Wildman–Crippen MR) is 89.6 cm³/mol. The van der Waals surface area contributed by atoms with Crippen molar-refractivity contribution in [3.05, 3.63) is 0 Å². The van der Waals surface area contributed by atoms with E-state index in [1.54, 1.807) is 0 Å². The zero-order valence-electron chi connectivity index (χ0n) is 15.0. The Bertz CT molecular complexity index is 386. The molecule has 2 heterocycles. The Morgan fingerprint density at radius 1 is 1.00 bits per heavy atom. The SMILES string of the molecule is CC(C)(C)[C@@H]1CC2(CN3CCNCC3)CC2N1C(C)(C)C. The van der Waals surface area contributed by atoms with E-state index in [2.05, 4.69) is 56.7 Å². The van der Waals surface area contributed by atoms with Crippen molar-refractivity contribution in [2.75, 3.05) is 32.7 Å². The molecule has 122 valence electrons. The fraction of sp³-hybridized carbons (Fsp3) is 1.00. The maximum atomic E-state index is 3.48. The quantitative estimate of drug-likeness (QED) is 0.844. The number of piperazine rings is 1. The number of hydrogen-bond donors (Lipinski definition) is 1. The summed E-state index contributed by atoms with van der Waals surface area (Å²) in [6.45, 7) is 20.7. The zero-order chi connectivity index (χ0) is 15.5. The van der Waals surface area contributed by atoms with Crippen molar-refractivity contribution in [1.29, 1.82) is 0 Å². The molecule has 0 bridgehead atoms. The number of rotatable bonds is 2. The Morgan fingerprint density at radius 3 is 2.10 bits per heavy atom. The number of likely N-dealkylation sites (tertiary alicyclic amines) is 1. The van der Waals surface area contributed by atoms with Gasteiger partial charge < -0.3 is 10.2 Å². The summed E-state index contributed by atoms with van der Waals surface area (Å²) in [6.07, 6.45) is 2.84. The summed E-state index contributed by atoms with van der Waals surface area (Å²) in [5.74, 6) is 0. The molecule has 3 heteroatoms. The van der Waals surface area contributed by atoms with Crippen LogP contribution in [0.4, 0.5) is 0 Å². The van der Waals surface area contributed by atoms with Crippen LogP contribution < -0.4 is 5.32 Å². The van der Waals surface area contributed by atoms with Crippen molar-refractivity contribution in [3.8, 4) is 0 Å². The molecule has 0 amide bonds. The Kier molecular flexibility index (Phi) is 3.71.